The highest BCUT2D eigenvalue weighted by molar-refractivity contribution is 5.86. The highest BCUT2D eigenvalue weighted by Crippen LogP contribution is 1.94. The summed E-state index contributed by atoms with van der Waals surface area (Å²) < 4.78 is 0. The van der Waals surface area contributed by atoms with Crippen molar-refractivity contribution in [2.45, 2.75) is 0 Å². The molecule has 0 saturated heterocycles. The molecule has 0 aliphatic heterocycles. The van der Waals surface area contributed by atoms with E-state index in [-0.39, 0.29) is 36.7 Å². The molecule has 0 aliphatic rings. The van der Waals surface area contributed by atoms with Crippen LogP contribution in [0.2, 0.25) is 0 Å². The topological polar surface area (TPSA) is 161 Å². The third kappa shape index (κ3) is 8.66. The largest absolute Gasteiger partial charge is 0.369 e. The van der Waals surface area contributed by atoms with Crippen LogP contribution < -0.4 is 22.3 Å². The molecule has 0 saturated carbocycles. The standard InChI is InChI=1S/C9H13N9.2ClH/c10-8(11)17-14-4-6-2-1-3-7(16-6)5-15-18-9(12)13;;/h1-5H,(H4,10,11,17)(H4,12,13,18);2*1H. The van der Waals surface area contributed by atoms with Crippen molar-refractivity contribution in [2.24, 2.45) is 21.7 Å². The van der Waals surface area contributed by atoms with Gasteiger partial charge in [-0.25, -0.2) is 15.8 Å². The monoisotopic (exact) mass is 319 g/mol. The number of nitrogens with two attached hydrogens (primary N) is 2. The zero-order valence-electron chi connectivity index (χ0n) is 10.2. The van der Waals surface area contributed by atoms with E-state index in [0.717, 1.165) is 0 Å². The van der Waals surface area contributed by atoms with Crippen LogP contribution in [0.5, 0.6) is 0 Å². The number of hydrogen-bond donors (Lipinski definition) is 6. The molecule has 11 heteroatoms. The second kappa shape index (κ2) is 10.5. The van der Waals surface area contributed by atoms with Gasteiger partial charge in [0, 0.05) is 0 Å². The number of guanidine groups is 2. The van der Waals surface area contributed by atoms with E-state index in [9.17, 15) is 0 Å². The van der Waals surface area contributed by atoms with Crippen LogP contribution in [0.4, 0.5) is 0 Å². The van der Waals surface area contributed by atoms with E-state index >= 15 is 0 Å². The van der Waals surface area contributed by atoms with E-state index in [0.29, 0.717) is 11.4 Å². The van der Waals surface area contributed by atoms with E-state index in [2.05, 4.69) is 26.0 Å². The van der Waals surface area contributed by atoms with Crippen LogP contribution >= 0.6 is 24.8 Å². The maximum Gasteiger partial charge on any atom is 0.206 e. The number of halogens is 2. The molecule has 0 amide bonds. The molecule has 0 aliphatic carbocycles. The summed E-state index contributed by atoms with van der Waals surface area (Å²) in [7, 11) is 0. The Kier molecular flexibility index (Phi) is 10.5. The van der Waals surface area contributed by atoms with Crippen LogP contribution in [-0.2, 0) is 0 Å². The fourth-order valence-electron chi connectivity index (χ4n) is 0.949. The first-order chi connectivity index (χ1) is 8.58. The third-order valence-electron chi connectivity index (χ3n) is 1.56. The number of nitrogens with one attached hydrogen (secondary N) is 4. The molecule has 0 bridgehead atoms. The lowest BCUT2D eigenvalue weighted by Gasteiger charge is -1.97. The highest BCUT2D eigenvalue weighted by Gasteiger charge is 1.93. The van der Waals surface area contributed by atoms with Crippen molar-refractivity contribution in [3.8, 4) is 0 Å². The minimum Gasteiger partial charge on any atom is -0.369 e. The van der Waals surface area contributed by atoms with E-state index in [1.807, 2.05) is 0 Å². The molecule has 0 aromatic carbocycles. The Morgan fingerprint density at radius 1 is 1.00 bits per heavy atom. The molecule has 0 unspecified atom stereocenters. The lowest BCUT2D eigenvalue weighted by molar-refractivity contribution is 0.996. The zero-order chi connectivity index (χ0) is 13.4. The number of aromatic nitrogens is 1. The van der Waals surface area contributed by atoms with Gasteiger partial charge in [0.25, 0.3) is 0 Å². The summed E-state index contributed by atoms with van der Waals surface area (Å²) in [5.41, 5.74) is 15.8. The van der Waals surface area contributed by atoms with E-state index in [1.54, 1.807) is 18.2 Å². The maximum absolute atomic E-state index is 6.90. The van der Waals surface area contributed by atoms with Crippen LogP contribution in [0.25, 0.3) is 0 Å². The average Bonchev–Trinajstić information content (AvgIpc) is 2.28. The van der Waals surface area contributed by atoms with Gasteiger partial charge in [0.2, 0.25) is 11.9 Å². The number of pyridine rings is 1. The number of hydrogen-bond acceptors (Lipinski definition) is 5. The molecule has 0 radical (unpaired) electrons. The third-order valence-corrected chi connectivity index (χ3v) is 1.56. The minimum absolute atomic E-state index is 0. The molecule has 0 spiro atoms. The molecule has 0 fully saturated rings. The molecule has 0 atom stereocenters. The van der Waals surface area contributed by atoms with Crippen molar-refractivity contribution in [3.63, 3.8) is 0 Å². The number of rotatable bonds is 4. The van der Waals surface area contributed by atoms with Gasteiger partial charge in [0.15, 0.2) is 0 Å². The molecule has 20 heavy (non-hydrogen) atoms. The Hall–Kier alpha value is -2.39. The van der Waals surface area contributed by atoms with Crippen molar-refractivity contribution >= 4 is 49.2 Å². The molecular formula is C9H15Cl2N9. The van der Waals surface area contributed by atoms with Crippen molar-refractivity contribution in [3.05, 3.63) is 29.6 Å². The molecular weight excluding hydrogens is 305 g/mol. The zero-order valence-corrected chi connectivity index (χ0v) is 11.8. The molecule has 1 heterocycles. The van der Waals surface area contributed by atoms with Crippen LogP contribution in [0.1, 0.15) is 11.4 Å². The van der Waals surface area contributed by atoms with Gasteiger partial charge in [-0.1, -0.05) is 6.07 Å². The summed E-state index contributed by atoms with van der Waals surface area (Å²) in [5.74, 6) is -0.510. The van der Waals surface area contributed by atoms with Crippen LogP contribution in [0.15, 0.2) is 28.4 Å². The fraction of sp³-hybridized carbons (Fsp3) is 0. The first-order valence-electron chi connectivity index (χ1n) is 4.81. The van der Waals surface area contributed by atoms with Crippen LogP contribution in [0.3, 0.4) is 0 Å². The maximum atomic E-state index is 6.90. The van der Waals surface area contributed by atoms with Gasteiger partial charge < -0.3 is 11.5 Å². The predicted octanol–water partition coefficient (Wildman–Crippen LogP) is -0.441. The van der Waals surface area contributed by atoms with Gasteiger partial charge in [-0.2, -0.15) is 10.2 Å². The minimum atomic E-state index is -0.255. The highest BCUT2D eigenvalue weighted by atomic mass is 35.5. The quantitative estimate of drug-likeness (QED) is 0.251. The first kappa shape index (κ1) is 19.9. The molecule has 1 rings (SSSR count). The predicted molar refractivity (Wildman–Crippen MR) is 84.0 cm³/mol. The Balaban J connectivity index is 0. The number of hydrazone groups is 2. The molecule has 1 aromatic rings. The van der Waals surface area contributed by atoms with Gasteiger partial charge in [-0.05, 0) is 12.1 Å². The summed E-state index contributed by atoms with van der Waals surface area (Å²) in [6.45, 7) is 0. The molecule has 110 valence electrons. The van der Waals surface area contributed by atoms with Crippen LogP contribution in [0, 0.1) is 10.8 Å². The van der Waals surface area contributed by atoms with Gasteiger partial charge in [-0.15, -0.1) is 24.8 Å². The van der Waals surface area contributed by atoms with Crippen LogP contribution in [-0.4, -0.2) is 29.3 Å². The lowest BCUT2D eigenvalue weighted by atomic mass is 10.3. The SMILES string of the molecule is Cl.Cl.N=C(N)NN=Cc1cccc(C=NNC(=N)N)n1. The van der Waals surface area contributed by atoms with Gasteiger partial charge in [0.1, 0.15) is 0 Å². The van der Waals surface area contributed by atoms with E-state index < -0.39 is 0 Å². The second-order valence-corrected chi connectivity index (χ2v) is 3.05. The fourth-order valence-corrected chi connectivity index (χ4v) is 0.949. The molecule has 8 N–H and O–H groups in total. The smallest absolute Gasteiger partial charge is 0.206 e. The Bertz CT molecular complexity index is 459. The molecule has 1 aromatic heterocycles. The first-order valence-corrected chi connectivity index (χ1v) is 4.81. The Morgan fingerprint density at radius 2 is 1.40 bits per heavy atom. The van der Waals surface area contributed by atoms with E-state index in [1.165, 1.54) is 12.4 Å². The Morgan fingerprint density at radius 3 is 1.75 bits per heavy atom. The van der Waals surface area contributed by atoms with E-state index in [4.69, 9.17) is 22.3 Å². The van der Waals surface area contributed by atoms with Crippen molar-refractivity contribution in [1.29, 1.82) is 10.8 Å². The number of nitrogens with zero attached hydrogens (tertiary/aromatic N) is 3. The Labute approximate surface area is 127 Å². The van der Waals surface area contributed by atoms with Gasteiger partial charge in [-0.3, -0.25) is 10.8 Å². The normalized spacial score (nSPS) is 9.60. The van der Waals surface area contributed by atoms with Crippen molar-refractivity contribution < 1.29 is 0 Å². The van der Waals surface area contributed by atoms with Crippen molar-refractivity contribution in [1.82, 2.24) is 15.8 Å². The van der Waals surface area contributed by atoms with Gasteiger partial charge >= 0.3 is 0 Å². The second-order valence-electron chi connectivity index (χ2n) is 3.05. The summed E-state index contributed by atoms with van der Waals surface area (Å²) in [6.07, 6.45) is 2.83. The summed E-state index contributed by atoms with van der Waals surface area (Å²) >= 11 is 0. The van der Waals surface area contributed by atoms with Gasteiger partial charge in [0.05, 0.1) is 23.8 Å². The summed E-state index contributed by atoms with van der Waals surface area (Å²) in [4.78, 5) is 4.17. The summed E-state index contributed by atoms with van der Waals surface area (Å²) in [5, 5.41) is 21.2. The van der Waals surface area contributed by atoms with Crippen molar-refractivity contribution in [2.75, 3.05) is 0 Å². The lowest BCUT2D eigenvalue weighted by Crippen LogP contribution is -2.25. The molecule has 9 nitrogen and oxygen atoms in total. The average molecular weight is 320 g/mol. The summed E-state index contributed by atoms with van der Waals surface area (Å²) in [6, 6.07) is 5.21.